The van der Waals surface area contributed by atoms with Gasteiger partial charge in [-0.2, -0.15) is 0 Å². The number of amides is 1. The van der Waals surface area contributed by atoms with Crippen LogP contribution in [-0.4, -0.2) is 75.1 Å². The van der Waals surface area contributed by atoms with Crippen LogP contribution in [0.5, 0.6) is 0 Å². The van der Waals surface area contributed by atoms with E-state index < -0.39 is 0 Å². The van der Waals surface area contributed by atoms with E-state index in [0.29, 0.717) is 25.3 Å². The molecule has 1 amide bonds. The number of rotatable bonds is 6. The SMILES string of the molecule is Cn1nnc2c1[C@@H](COCCN1CCCC1)CN(C(=O)c1cc[nH]c1)C2. The van der Waals surface area contributed by atoms with Gasteiger partial charge < -0.3 is 19.5 Å². The van der Waals surface area contributed by atoms with E-state index in [4.69, 9.17) is 4.74 Å². The summed E-state index contributed by atoms with van der Waals surface area (Å²) >= 11 is 0. The summed E-state index contributed by atoms with van der Waals surface area (Å²) in [5.41, 5.74) is 2.63. The van der Waals surface area contributed by atoms with Crippen LogP contribution in [0.1, 0.15) is 40.5 Å². The fourth-order valence-corrected chi connectivity index (χ4v) is 3.97. The number of likely N-dealkylation sites (tertiary alicyclic amines) is 1. The predicted octanol–water partition coefficient (Wildman–Crippen LogP) is 0.995. The van der Waals surface area contributed by atoms with Gasteiger partial charge in [-0.25, -0.2) is 0 Å². The summed E-state index contributed by atoms with van der Waals surface area (Å²) in [5.74, 6) is 0.116. The molecule has 26 heavy (non-hydrogen) atoms. The summed E-state index contributed by atoms with van der Waals surface area (Å²) in [5, 5.41) is 8.41. The quantitative estimate of drug-likeness (QED) is 0.779. The molecule has 2 aromatic heterocycles. The fraction of sp³-hybridized carbons (Fsp3) is 0.611. The third-order valence-electron chi connectivity index (χ3n) is 5.31. The first-order valence-corrected chi connectivity index (χ1v) is 9.33. The number of hydrogen-bond acceptors (Lipinski definition) is 5. The number of aromatic amines is 1. The van der Waals surface area contributed by atoms with Crippen molar-refractivity contribution in [3.8, 4) is 0 Å². The van der Waals surface area contributed by atoms with E-state index >= 15 is 0 Å². The van der Waals surface area contributed by atoms with Gasteiger partial charge in [0, 0.05) is 38.4 Å². The molecule has 1 atom stereocenters. The van der Waals surface area contributed by atoms with Crippen molar-refractivity contribution in [1.82, 2.24) is 29.8 Å². The molecule has 140 valence electrons. The zero-order chi connectivity index (χ0) is 17.9. The van der Waals surface area contributed by atoms with Gasteiger partial charge in [-0.3, -0.25) is 9.48 Å². The van der Waals surface area contributed by atoms with Crippen molar-refractivity contribution in [1.29, 1.82) is 0 Å². The molecule has 2 aromatic rings. The van der Waals surface area contributed by atoms with Gasteiger partial charge in [0.05, 0.1) is 31.0 Å². The summed E-state index contributed by atoms with van der Waals surface area (Å²) in [4.78, 5) is 20.0. The zero-order valence-corrected chi connectivity index (χ0v) is 15.2. The van der Waals surface area contributed by atoms with E-state index in [9.17, 15) is 4.79 Å². The number of hydrogen-bond donors (Lipinski definition) is 1. The van der Waals surface area contributed by atoms with Crippen molar-refractivity contribution < 1.29 is 9.53 Å². The topological polar surface area (TPSA) is 79.3 Å². The smallest absolute Gasteiger partial charge is 0.255 e. The molecule has 0 radical (unpaired) electrons. The molecule has 4 rings (SSSR count). The molecule has 1 saturated heterocycles. The van der Waals surface area contributed by atoms with Crippen LogP contribution in [0.4, 0.5) is 0 Å². The highest BCUT2D eigenvalue weighted by atomic mass is 16.5. The second kappa shape index (κ2) is 7.59. The zero-order valence-electron chi connectivity index (χ0n) is 15.2. The Morgan fingerprint density at radius 1 is 1.38 bits per heavy atom. The van der Waals surface area contributed by atoms with Gasteiger partial charge in [0.15, 0.2) is 0 Å². The normalized spacial score (nSPS) is 20.5. The number of aromatic nitrogens is 4. The Kier molecular flexibility index (Phi) is 5.03. The molecule has 0 aromatic carbocycles. The van der Waals surface area contributed by atoms with Gasteiger partial charge in [0.1, 0.15) is 5.69 Å². The van der Waals surface area contributed by atoms with Crippen LogP contribution in [0.15, 0.2) is 18.5 Å². The number of H-pyrrole nitrogens is 1. The molecule has 4 heterocycles. The monoisotopic (exact) mass is 358 g/mol. The van der Waals surface area contributed by atoms with Gasteiger partial charge in [-0.1, -0.05) is 5.21 Å². The summed E-state index contributed by atoms with van der Waals surface area (Å²) in [7, 11) is 1.91. The molecule has 0 spiro atoms. The Balaban J connectivity index is 1.40. The van der Waals surface area contributed by atoms with Crippen molar-refractivity contribution >= 4 is 5.91 Å². The van der Waals surface area contributed by atoms with Gasteiger partial charge in [-0.15, -0.1) is 5.10 Å². The minimum Gasteiger partial charge on any atom is -0.379 e. The Labute approximate surface area is 153 Å². The lowest BCUT2D eigenvalue weighted by molar-refractivity contribution is 0.0604. The Morgan fingerprint density at radius 3 is 3.00 bits per heavy atom. The maximum atomic E-state index is 12.7. The predicted molar refractivity (Wildman–Crippen MR) is 95.8 cm³/mol. The van der Waals surface area contributed by atoms with E-state index in [2.05, 4.69) is 20.2 Å². The number of fused-ring (bicyclic) bond motifs is 1. The number of nitrogens with zero attached hydrogens (tertiary/aromatic N) is 5. The molecule has 1 N–H and O–H groups in total. The van der Waals surface area contributed by atoms with Gasteiger partial charge >= 0.3 is 0 Å². The lowest BCUT2D eigenvalue weighted by Gasteiger charge is -2.32. The summed E-state index contributed by atoms with van der Waals surface area (Å²) in [6.45, 7) is 5.78. The minimum atomic E-state index is 0.0182. The third-order valence-corrected chi connectivity index (χ3v) is 5.31. The highest BCUT2D eigenvalue weighted by Gasteiger charge is 2.33. The van der Waals surface area contributed by atoms with E-state index in [0.717, 1.165) is 24.5 Å². The number of aryl methyl sites for hydroxylation is 1. The number of ether oxygens (including phenoxy) is 1. The van der Waals surface area contributed by atoms with Crippen LogP contribution in [0.3, 0.4) is 0 Å². The average Bonchev–Trinajstić information content (AvgIpc) is 3.40. The number of carbonyl (C=O) groups excluding carboxylic acids is 1. The Hall–Kier alpha value is -2.19. The molecule has 2 aliphatic heterocycles. The Bertz CT molecular complexity index is 735. The molecule has 0 aliphatic carbocycles. The first kappa shape index (κ1) is 17.2. The molecular formula is C18H26N6O2. The van der Waals surface area contributed by atoms with Crippen LogP contribution in [0, 0.1) is 0 Å². The molecule has 8 nitrogen and oxygen atoms in total. The molecule has 0 unspecified atom stereocenters. The summed E-state index contributed by atoms with van der Waals surface area (Å²) < 4.78 is 7.80. The van der Waals surface area contributed by atoms with Crippen molar-refractivity contribution in [3.05, 3.63) is 35.4 Å². The van der Waals surface area contributed by atoms with Crippen molar-refractivity contribution in [2.24, 2.45) is 7.05 Å². The molecular weight excluding hydrogens is 332 g/mol. The second-order valence-corrected chi connectivity index (χ2v) is 7.15. The Morgan fingerprint density at radius 2 is 2.23 bits per heavy atom. The number of nitrogens with one attached hydrogen (secondary N) is 1. The average molecular weight is 358 g/mol. The molecule has 8 heteroatoms. The first-order chi connectivity index (χ1) is 12.7. The molecule has 0 bridgehead atoms. The van der Waals surface area contributed by atoms with Crippen LogP contribution in [0.2, 0.25) is 0 Å². The highest BCUT2D eigenvalue weighted by molar-refractivity contribution is 5.94. The van der Waals surface area contributed by atoms with Crippen molar-refractivity contribution in [3.63, 3.8) is 0 Å². The second-order valence-electron chi connectivity index (χ2n) is 7.15. The van der Waals surface area contributed by atoms with Gasteiger partial charge in [-0.05, 0) is 32.0 Å². The lowest BCUT2D eigenvalue weighted by atomic mass is 9.98. The lowest BCUT2D eigenvalue weighted by Crippen LogP contribution is -2.40. The van der Waals surface area contributed by atoms with Gasteiger partial charge in [0.2, 0.25) is 0 Å². The highest BCUT2D eigenvalue weighted by Crippen LogP contribution is 2.27. The fourth-order valence-electron chi connectivity index (χ4n) is 3.97. The number of carbonyl (C=O) groups is 1. The van der Waals surface area contributed by atoms with Crippen molar-refractivity contribution in [2.45, 2.75) is 25.3 Å². The third kappa shape index (κ3) is 3.52. The molecule has 1 fully saturated rings. The molecule has 0 saturated carbocycles. The first-order valence-electron chi connectivity index (χ1n) is 9.33. The minimum absolute atomic E-state index is 0.0182. The van der Waals surface area contributed by atoms with E-state index in [-0.39, 0.29) is 11.8 Å². The van der Waals surface area contributed by atoms with Crippen LogP contribution < -0.4 is 0 Å². The van der Waals surface area contributed by atoms with Crippen molar-refractivity contribution in [2.75, 3.05) is 39.4 Å². The van der Waals surface area contributed by atoms with Crippen LogP contribution >= 0.6 is 0 Å². The largest absolute Gasteiger partial charge is 0.379 e. The maximum Gasteiger partial charge on any atom is 0.255 e. The van der Waals surface area contributed by atoms with Crippen LogP contribution in [-0.2, 0) is 18.3 Å². The van der Waals surface area contributed by atoms with E-state index in [1.54, 1.807) is 18.5 Å². The van der Waals surface area contributed by atoms with E-state index in [1.807, 2.05) is 16.6 Å². The standard InChI is InChI=1S/C18H26N6O2/c1-22-17-15(13-26-9-8-23-6-2-3-7-23)11-24(12-16(17)20-21-22)18(25)14-4-5-19-10-14/h4-5,10,15,19H,2-3,6-9,11-13H2,1H3/t15-/m1/s1. The van der Waals surface area contributed by atoms with E-state index in [1.165, 1.54) is 25.9 Å². The molecule has 2 aliphatic rings. The van der Waals surface area contributed by atoms with Crippen LogP contribution in [0.25, 0.3) is 0 Å². The van der Waals surface area contributed by atoms with Gasteiger partial charge in [0.25, 0.3) is 5.91 Å². The summed E-state index contributed by atoms with van der Waals surface area (Å²) in [6, 6.07) is 1.80. The summed E-state index contributed by atoms with van der Waals surface area (Å²) in [6.07, 6.45) is 6.09. The maximum absolute atomic E-state index is 12.7.